The topological polar surface area (TPSA) is 109 Å². The van der Waals surface area contributed by atoms with Crippen molar-refractivity contribution >= 4 is 29.2 Å². The standard InChI is InChI=1S/C27H41NO6S/c1-7-19-15-17(2)9-8-13-26(6)27(32,34-26)24(31)21(11-10-20-16-35-18(3)28-20)33-22(29)12-14-25(4,5)23(19)30/h10-11,16-17,19,21,24,31-32H,7-9,12-15H2,1-6H3. The molecular weight excluding hydrogens is 466 g/mol. The van der Waals surface area contributed by atoms with Crippen LogP contribution in [0.25, 0.3) is 6.08 Å². The molecule has 0 spiro atoms. The van der Waals surface area contributed by atoms with Crippen molar-refractivity contribution < 1.29 is 29.3 Å². The van der Waals surface area contributed by atoms with E-state index in [4.69, 9.17) is 9.47 Å². The second-order valence-corrected chi connectivity index (χ2v) is 12.2. The first kappa shape index (κ1) is 28.0. The van der Waals surface area contributed by atoms with Crippen molar-refractivity contribution in [1.82, 2.24) is 4.98 Å². The molecule has 6 unspecified atom stereocenters. The van der Waals surface area contributed by atoms with Gasteiger partial charge in [-0.1, -0.05) is 40.5 Å². The fraction of sp³-hybridized carbons (Fsp3) is 0.741. The van der Waals surface area contributed by atoms with E-state index in [9.17, 15) is 19.8 Å². The average Bonchev–Trinajstić information content (AvgIpc) is 3.11. The minimum absolute atomic E-state index is 0.0359. The second-order valence-electron chi connectivity index (χ2n) is 11.2. The van der Waals surface area contributed by atoms with Gasteiger partial charge in [0.05, 0.1) is 10.7 Å². The third-order valence-corrected chi connectivity index (χ3v) is 8.48. The number of aliphatic hydroxyl groups is 2. The van der Waals surface area contributed by atoms with Crippen molar-refractivity contribution in [3.8, 4) is 0 Å². The zero-order valence-electron chi connectivity index (χ0n) is 21.9. The van der Waals surface area contributed by atoms with Gasteiger partial charge in [0.25, 0.3) is 0 Å². The van der Waals surface area contributed by atoms with Crippen LogP contribution in [0.15, 0.2) is 11.5 Å². The number of aryl methyl sites for hydroxylation is 1. The number of carbonyl (C=O) groups excluding carboxylic acids is 2. The highest BCUT2D eigenvalue weighted by molar-refractivity contribution is 7.09. The van der Waals surface area contributed by atoms with E-state index < -0.39 is 35.0 Å². The van der Waals surface area contributed by atoms with Gasteiger partial charge in [-0.2, -0.15) is 0 Å². The first-order chi connectivity index (χ1) is 16.3. The Balaban J connectivity index is 1.85. The van der Waals surface area contributed by atoms with Crippen molar-refractivity contribution in [2.24, 2.45) is 17.3 Å². The molecule has 6 atom stereocenters. The number of Topliss-reactive ketones (excluding diaryl/α,β-unsaturated/α-hetero) is 1. The Morgan fingerprint density at radius 3 is 2.60 bits per heavy atom. The molecule has 196 valence electrons. The number of carbonyl (C=O) groups is 2. The number of thiazole rings is 1. The van der Waals surface area contributed by atoms with Gasteiger partial charge in [-0.25, -0.2) is 4.98 Å². The Morgan fingerprint density at radius 2 is 1.97 bits per heavy atom. The Kier molecular flexibility index (Phi) is 8.62. The van der Waals surface area contributed by atoms with E-state index in [2.05, 4.69) is 11.9 Å². The van der Waals surface area contributed by atoms with Crippen LogP contribution in [0.1, 0.15) is 90.3 Å². The van der Waals surface area contributed by atoms with Gasteiger partial charge in [-0.05, 0) is 57.6 Å². The molecule has 0 radical (unpaired) electrons. The zero-order valence-corrected chi connectivity index (χ0v) is 22.7. The van der Waals surface area contributed by atoms with Gasteiger partial charge in [0.1, 0.15) is 11.4 Å². The Labute approximate surface area is 212 Å². The lowest BCUT2D eigenvalue weighted by molar-refractivity contribution is -0.164. The molecule has 2 aliphatic rings. The van der Waals surface area contributed by atoms with Gasteiger partial charge in [0.15, 0.2) is 12.2 Å². The lowest BCUT2D eigenvalue weighted by Crippen LogP contribution is -2.45. The highest BCUT2D eigenvalue weighted by atomic mass is 32.1. The van der Waals surface area contributed by atoms with E-state index in [1.165, 1.54) is 11.3 Å². The van der Waals surface area contributed by atoms with E-state index in [0.717, 1.165) is 30.7 Å². The number of nitrogens with zero attached hydrogens (tertiary/aromatic N) is 1. The van der Waals surface area contributed by atoms with Gasteiger partial charge in [0, 0.05) is 23.1 Å². The second kappa shape index (κ2) is 10.8. The highest BCUT2D eigenvalue weighted by Gasteiger charge is 2.71. The maximum atomic E-state index is 13.3. The van der Waals surface area contributed by atoms with E-state index in [1.54, 1.807) is 19.1 Å². The van der Waals surface area contributed by atoms with E-state index in [0.29, 0.717) is 24.5 Å². The van der Waals surface area contributed by atoms with Gasteiger partial charge in [-0.15, -0.1) is 11.3 Å². The summed E-state index contributed by atoms with van der Waals surface area (Å²) in [6.07, 6.45) is 4.84. The molecule has 8 heteroatoms. The molecule has 1 aromatic rings. The summed E-state index contributed by atoms with van der Waals surface area (Å²) in [6, 6.07) is 0. The molecule has 2 aliphatic heterocycles. The quantitative estimate of drug-likeness (QED) is 0.446. The van der Waals surface area contributed by atoms with Crippen molar-refractivity contribution in [3.05, 3.63) is 22.2 Å². The number of hydrogen-bond acceptors (Lipinski definition) is 8. The summed E-state index contributed by atoms with van der Waals surface area (Å²) in [4.78, 5) is 30.5. The van der Waals surface area contributed by atoms with Crippen molar-refractivity contribution in [2.75, 3.05) is 0 Å². The van der Waals surface area contributed by atoms with Gasteiger partial charge in [0.2, 0.25) is 5.79 Å². The van der Waals surface area contributed by atoms with Crippen LogP contribution < -0.4 is 0 Å². The molecule has 2 N–H and O–H groups in total. The SMILES string of the molecule is CCC1CC(C)CCCC2(C)OC2(O)C(O)C(C=Cc2csc(C)n2)OC(=O)CCC(C)(C)C1=O. The van der Waals surface area contributed by atoms with Crippen LogP contribution in [0.5, 0.6) is 0 Å². The van der Waals surface area contributed by atoms with E-state index in [1.807, 2.05) is 33.1 Å². The molecule has 2 saturated heterocycles. The smallest absolute Gasteiger partial charge is 0.306 e. The van der Waals surface area contributed by atoms with Crippen molar-refractivity contribution in [1.29, 1.82) is 0 Å². The van der Waals surface area contributed by atoms with Crippen LogP contribution in [-0.2, 0) is 19.1 Å². The first-order valence-electron chi connectivity index (χ1n) is 12.8. The predicted octanol–water partition coefficient (Wildman–Crippen LogP) is 4.83. The van der Waals surface area contributed by atoms with Crippen LogP contribution in [0, 0.1) is 24.2 Å². The third-order valence-electron chi connectivity index (χ3n) is 7.69. The largest absolute Gasteiger partial charge is 0.455 e. The van der Waals surface area contributed by atoms with Crippen molar-refractivity contribution in [3.63, 3.8) is 0 Å². The number of ether oxygens (including phenoxy) is 2. The summed E-state index contributed by atoms with van der Waals surface area (Å²) < 4.78 is 11.3. The number of fused-ring (bicyclic) bond motifs is 1. The fourth-order valence-electron chi connectivity index (χ4n) is 5.15. The van der Waals surface area contributed by atoms with Gasteiger partial charge >= 0.3 is 5.97 Å². The summed E-state index contributed by atoms with van der Waals surface area (Å²) in [5.41, 5.74) is -0.906. The Bertz CT molecular complexity index is 942. The minimum atomic E-state index is -1.80. The number of aliphatic hydroxyl groups excluding tert-OH is 1. The van der Waals surface area contributed by atoms with E-state index in [-0.39, 0.29) is 18.1 Å². The first-order valence-corrected chi connectivity index (χ1v) is 13.6. The monoisotopic (exact) mass is 507 g/mol. The summed E-state index contributed by atoms with van der Waals surface area (Å²) in [5, 5.41) is 25.0. The molecule has 35 heavy (non-hydrogen) atoms. The number of ketones is 1. The molecule has 0 amide bonds. The third kappa shape index (κ3) is 6.40. The summed E-state index contributed by atoms with van der Waals surface area (Å²) in [6.45, 7) is 11.6. The van der Waals surface area contributed by atoms with Gasteiger partial charge in [-0.3, -0.25) is 9.59 Å². The molecule has 0 bridgehead atoms. The zero-order chi connectivity index (χ0) is 26.0. The minimum Gasteiger partial charge on any atom is -0.455 e. The predicted molar refractivity (Wildman–Crippen MR) is 136 cm³/mol. The average molecular weight is 508 g/mol. The molecule has 1 aromatic heterocycles. The van der Waals surface area contributed by atoms with Crippen LogP contribution in [0.2, 0.25) is 0 Å². The normalized spacial score (nSPS) is 37.1. The molecule has 0 aromatic carbocycles. The lowest BCUT2D eigenvalue weighted by Gasteiger charge is -2.30. The number of epoxide rings is 1. The molecule has 0 aliphatic carbocycles. The number of rotatable bonds is 3. The fourth-order valence-corrected chi connectivity index (χ4v) is 5.74. The van der Waals surface area contributed by atoms with Crippen LogP contribution in [0.4, 0.5) is 0 Å². The highest BCUT2D eigenvalue weighted by Crippen LogP contribution is 2.52. The maximum Gasteiger partial charge on any atom is 0.306 e. The molecule has 3 heterocycles. The summed E-state index contributed by atoms with van der Waals surface area (Å²) in [7, 11) is 0. The molecule has 3 rings (SSSR count). The lowest BCUT2D eigenvalue weighted by atomic mass is 9.74. The summed E-state index contributed by atoms with van der Waals surface area (Å²) >= 11 is 1.49. The van der Waals surface area contributed by atoms with E-state index >= 15 is 0 Å². The molecule has 0 saturated carbocycles. The van der Waals surface area contributed by atoms with Crippen LogP contribution in [-0.4, -0.2) is 50.5 Å². The van der Waals surface area contributed by atoms with Crippen molar-refractivity contribution in [2.45, 2.75) is 110 Å². The summed E-state index contributed by atoms with van der Waals surface area (Å²) in [5.74, 6) is -1.85. The Morgan fingerprint density at radius 1 is 1.26 bits per heavy atom. The molecule has 7 nitrogen and oxygen atoms in total. The van der Waals surface area contributed by atoms with Gasteiger partial charge < -0.3 is 19.7 Å². The number of hydrogen-bond donors (Lipinski definition) is 2. The van der Waals surface area contributed by atoms with Crippen LogP contribution >= 0.6 is 11.3 Å². The number of cyclic esters (lactones) is 1. The van der Waals surface area contributed by atoms with Crippen LogP contribution in [0.3, 0.4) is 0 Å². The molecular formula is C27H41NO6S. The maximum absolute atomic E-state index is 13.3. The molecule has 2 fully saturated rings. The Hall–Kier alpha value is -1.61. The number of esters is 1. The number of aromatic nitrogens is 1.